The second kappa shape index (κ2) is 18.2. The molecule has 1 saturated heterocycles. The molecule has 0 unspecified atom stereocenters. The third-order valence-electron chi connectivity index (χ3n) is 7.72. The van der Waals surface area contributed by atoms with Gasteiger partial charge in [-0.05, 0) is 50.0 Å². The number of aliphatic hydroxyl groups excluding tert-OH is 1. The van der Waals surface area contributed by atoms with Crippen molar-refractivity contribution in [3.63, 3.8) is 0 Å². The molecule has 0 bridgehead atoms. The van der Waals surface area contributed by atoms with Crippen LogP contribution in [0.1, 0.15) is 65.9 Å². The number of nitrogens with one attached hydrogen (secondary N) is 4. The van der Waals surface area contributed by atoms with Gasteiger partial charge in [0.2, 0.25) is 35.4 Å². The number of carbonyl (C=O) groups is 6. The van der Waals surface area contributed by atoms with Crippen LogP contribution in [0.4, 0.5) is 0 Å². The summed E-state index contributed by atoms with van der Waals surface area (Å²) >= 11 is 0. The summed E-state index contributed by atoms with van der Waals surface area (Å²) in [6.07, 6.45) is 1.67. The molecule has 1 aliphatic rings. The number of aliphatic hydroxyl groups is 1. The molecule has 1 heterocycles. The van der Waals surface area contributed by atoms with Crippen LogP contribution in [0.5, 0.6) is 0 Å². The average Bonchev–Trinajstić information content (AvgIpc) is 3.49. The third-order valence-corrected chi connectivity index (χ3v) is 7.72. The molecule has 46 heavy (non-hydrogen) atoms. The number of amides is 6. The highest BCUT2D eigenvalue weighted by Gasteiger charge is 2.36. The third kappa shape index (κ3) is 11.7. The number of hydrogen-bond donors (Lipinski definition) is 7. The molecule has 1 aliphatic heterocycles. The van der Waals surface area contributed by atoms with Crippen LogP contribution in [0, 0.1) is 11.8 Å². The normalized spacial score (nSPS) is 17.8. The van der Waals surface area contributed by atoms with Crippen molar-refractivity contribution in [3.8, 4) is 0 Å². The molecule has 0 radical (unpaired) electrons. The Bertz CT molecular complexity index is 1210. The van der Waals surface area contributed by atoms with Gasteiger partial charge in [0.05, 0.1) is 6.61 Å². The summed E-state index contributed by atoms with van der Waals surface area (Å²) < 4.78 is 0. The molecule has 9 N–H and O–H groups in total. The highest BCUT2D eigenvalue weighted by Crippen LogP contribution is 2.18. The summed E-state index contributed by atoms with van der Waals surface area (Å²) in [6, 6.07) is 2.83. The number of primary amides is 1. The minimum atomic E-state index is -1.24. The van der Waals surface area contributed by atoms with Gasteiger partial charge < -0.3 is 42.7 Å². The van der Waals surface area contributed by atoms with E-state index in [-0.39, 0.29) is 31.1 Å². The maximum absolute atomic E-state index is 13.6. The van der Waals surface area contributed by atoms with E-state index in [9.17, 15) is 33.9 Å². The van der Waals surface area contributed by atoms with Crippen molar-refractivity contribution in [2.75, 3.05) is 13.2 Å². The highest BCUT2D eigenvalue weighted by molar-refractivity contribution is 5.96. The zero-order chi connectivity index (χ0) is 34.6. The molecule has 1 aromatic rings. The Morgan fingerprint density at radius 1 is 0.804 bits per heavy atom. The van der Waals surface area contributed by atoms with Crippen molar-refractivity contribution in [3.05, 3.63) is 35.9 Å². The van der Waals surface area contributed by atoms with E-state index in [0.29, 0.717) is 19.4 Å². The fraction of sp³-hybridized carbons (Fsp3) is 0.625. The molecule has 2 rings (SSSR count). The fourth-order valence-electron chi connectivity index (χ4n) is 5.32. The molecule has 0 aliphatic carbocycles. The Kier molecular flexibility index (Phi) is 15.1. The molecular weight excluding hydrogens is 594 g/mol. The fourth-order valence-corrected chi connectivity index (χ4v) is 5.32. The van der Waals surface area contributed by atoms with Crippen molar-refractivity contribution < 1.29 is 33.9 Å². The number of likely N-dealkylation sites (tertiary alicyclic amines) is 1. The number of benzene rings is 1. The van der Waals surface area contributed by atoms with Gasteiger partial charge in [-0.3, -0.25) is 28.8 Å². The highest BCUT2D eigenvalue weighted by atomic mass is 16.3. The van der Waals surface area contributed by atoms with E-state index >= 15 is 0 Å². The lowest BCUT2D eigenvalue weighted by atomic mass is 9.99. The Labute approximate surface area is 270 Å². The average molecular weight is 646 g/mol. The molecule has 1 fully saturated rings. The molecule has 0 spiro atoms. The van der Waals surface area contributed by atoms with Crippen LogP contribution in [0.15, 0.2) is 30.3 Å². The second-order valence-electron chi connectivity index (χ2n) is 12.7. The monoisotopic (exact) mass is 645 g/mol. The lowest BCUT2D eigenvalue weighted by Gasteiger charge is -2.29. The Balaban J connectivity index is 2.21. The summed E-state index contributed by atoms with van der Waals surface area (Å²) in [5.41, 5.74) is 11.9. The maximum atomic E-state index is 13.6. The Morgan fingerprint density at radius 2 is 1.30 bits per heavy atom. The van der Waals surface area contributed by atoms with E-state index in [4.69, 9.17) is 11.5 Å². The minimum absolute atomic E-state index is 0.0146. The maximum Gasteiger partial charge on any atom is 0.245 e. The summed E-state index contributed by atoms with van der Waals surface area (Å²) in [4.78, 5) is 79.3. The van der Waals surface area contributed by atoms with Gasteiger partial charge in [0, 0.05) is 13.0 Å². The summed E-state index contributed by atoms with van der Waals surface area (Å²) in [5, 5.41) is 20.0. The van der Waals surface area contributed by atoms with Crippen molar-refractivity contribution >= 4 is 35.4 Å². The van der Waals surface area contributed by atoms with E-state index in [1.54, 1.807) is 24.3 Å². The molecule has 0 saturated carbocycles. The van der Waals surface area contributed by atoms with Gasteiger partial charge in [0.25, 0.3) is 0 Å². The lowest BCUT2D eigenvalue weighted by Crippen LogP contribution is -2.59. The van der Waals surface area contributed by atoms with Crippen molar-refractivity contribution in [1.29, 1.82) is 0 Å². The zero-order valence-corrected chi connectivity index (χ0v) is 27.5. The summed E-state index contributed by atoms with van der Waals surface area (Å²) in [5.74, 6) is -3.64. The van der Waals surface area contributed by atoms with Gasteiger partial charge in [-0.25, -0.2) is 0 Å². The molecule has 256 valence electrons. The van der Waals surface area contributed by atoms with Crippen molar-refractivity contribution in [2.24, 2.45) is 23.3 Å². The largest absolute Gasteiger partial charge is 0.394 e. The van der Waals surface area contributed by atoms with Gasteiger partial charge in [0.15, 0.2) is 0 Å². The van der Waals surface area contributed by atoms with Crippen LogP contribution in [0.2, 0.25) is 0 Å². The van der Waals surface area contributed by atoms with E-state index < -0.39 is 78.3 Å². The van der Waals surface area contributed by atoms with E-state index in [1.807, 2.05) is 33.8 Å². The van der Waals surface area contributed by atoms with Crippen molar-refractivity contribution in [1.82, 2.24) is 26.2 Å². The quantitative estimate of drug-likeness (QED) is 0.112. The first-order valence-electron chi connectivity index (χ1n) is 15.9. The van der Waals surface area contributed by atoms with Gasteiger partial charge in [-0.15, -0.1) is 0 Å². The first-order valence-corrected chi connectivity index (χ1v) is 15.9. The first-order chi connectivity index (χ1) is 21.6. The molecule has 6 atom stereocenters. The van der Waals surface area contributed by atoms with Gasteiger partial charge in [-0.1, -0.05) is 58.0 Å². The lowest BCUT2D eigenvalue weighted by molar-refractivity contribution is -0.140. The Morgan fingerprint density at radius 3 is 1.80 bits per heavy atom. The van der Waals surface area contributed by atoms with Crippen LogP contribution in [0.25, 0.3) is 0 Å². The number of rotatable bonds is 17. The van der Waals surface area contributed by atoms with E-state index in [0.717, 1.165) is 5.56 Å². The number of carbonyl (C=O) groups excluding carboxylic acids is 6. The van der Waals surface area contributed by atoms with Crippen LogP contribution in [-0.4, -0.2) is 94.9 Å². The Hall–Kier alpha value is -4.04. The molecule has 0 aromatic heterocycles. The van der Waals surface area contributed by atoms with Gasteiger partial charge in [0.1, 0.15) is 36.3 Å². The minimum Gasteiger partial charge on any atom is -0.394 e. The zero-order valence-electron chi connectivity index (χ0n) is 27.5. The van der Waals surface area contributed by atoms with Gasteiger partial charge in [-0.2, -0.15) is 0 Å². The van der Waals surface area contributed by atoms with Crippen LogP contribution in [0.3, 0.4) is 0 Å². The van der Waals surface area contributed by atoms with Crippen LogP contribution in [-0.2, 0) is 35.2 Å². The number of hydrogen-bond acceptors (Lipinski definition) is 8. The smallest absolute Gasteiger partial charge is 0.245 e. The number of nitrogens with zero attached hydrogens (tertiary/aromatic N) is 1. The van der Waals surface area contributed by atoms with E-state index in [1.165, 1.54) is 11.8 Å². The molecular formula is C32H51N7O7. The predicted octanol–water partition coefficient (Wildman–Crippen LogP) is -0.924. The van der Waals surface area contributed by atoms with E-state index in [2.05, 4.69) is 21.3 Å². The molecule has 1 aromatic carbocycles. The van der Waals surface area contributed by atoms with Crippen molar-refractivity contribution in [2.45, 2.75) is 103 Å². The summed E-state index contributed by atoms with van der Waals surface area (Å²) in [6.45, 7) is 8.76. The SMILES string of the molecule is CC(C)C[C@H](NC(=O)[C@H](CC(C)C)NC(=O)[C@H](Cc1ccccc1)NC(=O)[C@@H](N)CO)C(=O)N[C@@H](C)C(=O)N1CCC[C@H]1C(N)=O. The molecule has 14 heteroatoms. The topological polar surface area (TPSA) is 226 Å². The molecule has 14 nitrogen and oxygen atoms in total. The second-order valence-corrected chi connectivity index (χ2v) is 12.7. The standard InChI is InChI=1S/C32H51N7O7/c1-18(2)14-23(29(43)35-20(5)32(46)39-13-9-12-26(39)27(34)41)37-30(44)24(15-19(3)4)38-31(45)25(36-28(42)22(33)17-40)16-21-10-7-6-8-11-21/h6-8,10-11,18-20,22-26,40H,9,12-17,33H2,1-5H3,(H2,34,41)(H,35,43)(H,36,42)(H,37,44)(H,38,45)/t20-,22-,23-,24-,25-,26-/m0/s1. The van der Waals surface area contributed by atoms with Crippen LogP contribution >= 0.6 is 0 Å². The van der Waals surface area contributed by atoms with Gasteiger partial charge >= 0.3 is 0 Å². The first kappa shape index (κ1) is 38.1. The number of nitrogens with two attached hydrogens (primary N) is 2. The molecule has 6 amide bonds. The summed E-state index contributed by atoms with van der Waals surface area (Å²) in [7, 11) is 0. The predicted molar refractivity (Wildman–Crippen MR) is 171 cm³/mol. The van der Waals surface area contributed by atoms with Crippen LogP contribution < -0.4 is 32.7 Å².